The average molecular weight is 234 g/mol. The number of hydrogen-bond donors (Lipinski definition) is 1. The number of nitrogens with one attached hydrogen (secondary N) is 1. The molecule has 0 bridgehead atoms. The van der Waals surface area contributed by atoms with Gasteiger partial charge in [0.05, 0.1) is 23.8 Å². The Bertz CT molecular complexity index is 364. The Morgan fingerprint density at radius 3 is 2.94 bits per heavy atom. The second kappa shape index (κ2) is 5.36. The predicted molar refractivity (Wildman–Crippen MR) is 72.7 cm³/mol. The minimum Gasteiger partial charge on any atom is -0.384 e. The van der Waals surface area contributed by atoms with Crippen LogP contribution in [-0.2, 0) is 0 Å². The van der Waals surface area contributed by atoms with E-state index in [0.717, 1.165) is 25.3 Å². The van der Waals surface area contributed by atoms with Crippen molar-refractivity contribution < 1.29 is 0 Å². The molecule has 1 aromatic rings. The summed E-state index contributed by atoms with van der Waals surface area (Å²) in [6.07, 6.45) is 5.07. The van der Waals surface area contributed by atoms with Gasteiger partial charge in [-0.25, -0.2) is 0 Å². The third-order valence-corrected chi connectivity index (χ3v) is 3.36. The van der Waals surface area contributed by atoms with Crippen LogP contribution >= 0.6 is 0 Å². The fourth-order valence-electron chi connectivity index (χ4n) is 2.30. The van der Waals surface area contributed by atoms with E-state index in [9.17, 15) is 0 Å². The Kier molecular flexibility index (Phi) is 3.84. The fourth-order valence-corrected chi connectivity index (χ4v) is 2.30. The molecule has 1 unspecified atom stereocenters. The molecular formula is C13H22N4. The van der Waals surface area contributed by atoms with Gasteiger partial charge in [0.2, 0.25) is 0 Å². The molecule has 0 spiro atoms. The summed E-state index contributed by atoms with van der Waals surface area (Å²) in [7, 11) is 4.31. The smallest absolute Gasteiger partial charge is 0.0574 e. The molecule has 0 radical (unpaired) electrons. The number of nitrogens with zero attached hydrogens (tertiary/aromatic N) is 3. The standard InChI is InChI=1S/C13H22N4/c1-4-15-11-7-13(9-14-8-11)17-6-5-12(10-17)16(2)3/h7-9,12,15H,4-6,10H2,1-3H3. The minimum absolute atomic E-state index is 0.665. The van der Waals surface area contributed by atoms with E-state index in [2.05, 4.69) is 47.2 Å². The average Bonchev–Trinajstić information content (AvgIpc) is 2.79. The summed E-state index contributed by atoms with van der Waals surface area (Å²) < 4.78 is 0. The van der Waals surface area contributed by atoms with Crippen LogP contribution in [0.5, 0.6) is 0 Å². The normalized spacial score (nSPS) is 20.0. The molecule has 2 rings (SSSR count). The van der Waals surface area contributed by atoms with Gasteiger partial charge in [-0.15, -0.1) is 0 Å². The number of anilines is 2. The Morgan fingerprint density at radius 1 is 1.47 bits per heavy atom. The van der Waals surface area contributed by atoms with Crippen molar-refractivity contribution in [3.63, 3.8) is 0 Å². The van der Waals surface area contributed by atoms with E-state index < -0.39 is 0 Å². The summed E-state index contributed by atoms with van der Waals surface area (Å²) in [5.41, 5.74) is 2.34. The molecule has 1 aliphatic rings. The predicted octanol–water partition coefficient (Wildman–Crippen LogP) is 1.65. The third kappa shape index (κ3) is 2.88. The van der Waals surface area contributed by atoms with E-state index >= 15 is 0 Å². The molecular weight excluding hydrogens is 212 g/mol. The molecule has 0 amide bonds. The largest absolute Gasteiger partial charge is 0.384 e. The first-order valence-electron chi connectivity index (χ1n) is 6.31. The van der Waals surface area contributed by atoms with Crippen molar-refractivity contribution >= 4 is 11.4 Å². The number of aromatic nitrogens is 1. The van der Waals surface area contributed by atoms with Crippen molar-refractivity contribution in [3.05, 3.63) is 18.5 Å². The second-order valence-corrected chi connectivity index (χ2v) is 4.81. The molecule has 1 aromatic heterocycles. The third-order valence-electron chi connectivity index (χ3n) is 3.36. The van der Waals surface area contributed by atoms with Gasteiger partial charge >= 0.3 is 0 Å². The fraction of sp³-hybridized carbons (Fsp3) is 0.615. The molecule has 4 heteroatoms. The van der Waals surface area contributed by atoms with Gasteiger partial charge in [0.1, 0.15) is 0 Å². The SMILES string of the molecule is CCNc1cncc(N2CCC(N(C)C)C2)c1. The highest BCUT2D eigenvalue weighted by Gasteiger charge is 2.24. The lowest BCUT2D eigenvalue weighted by molar-refractivity contribution is 0.315. The van der Waals surface area contributed by atoms with Gasteiger partial charge in [-0.1, -0.05) is 0 Å². The summed E-state index contributed by atoms with van der Waals surface area (Å²) in [6.45, 7) is 5.26. The van der Waals surface area contributed by atoms with E-state index in [0.29, 0.717) is 6.04 Å². The highest BCUT2D eigenvalue weighted by atomic mass is 15.2. The van der Waals surface area contributed by atoms with Crippen LogP contribution in [0.15, 0.2) is 18.5 Å². The first kappa shape index (κ1) is 12.2. The van der Waals surface area contributed by atoms with Gasteiger partial charge in [0.25, 0.3) is 0 Å². The maximum absolute atomic E-state index is 4.30. The minimum atomic E-state index is 0.665. The van der Waals surface area contributed by atoms with Crippen LogP contribution < -0.4 is 10.2 Å². The van der Waals surface area contributed by atoms with Gasteiger partial charge in [-0.2, -0.15) is 0 Å². The van der Waals surface area contributed by atoms with E-state index in [4.69, 9.17) is 0 Å². The van der Waals surface area contributed by atoms with Crippen molar-refractivity contribution in [3.8, 4) is 0 Å². The number of likely N-dealkylation sites (N-methyl/N-ethyl adjacent to an activating group) is 1. The molecule has 1 atom stereocenters. The van der Waals surface area contributed by atoms with Crippen molar-refractivity contribution in [1.29, 1.82) is 0 Å². The lowest BCUT2D eigenvalue weighted by atomic mass is 10.2. The first-order valence-corrected chi connectivity index (χ1v) is 6.31. The first-order chi connectivity index (χ1) is 8.20. The molecule has 1 aliphatic heterocycles. The van der Waals surface area contributed by atoms with Gasteiger partial charge in [0.15, 0.2) is 0 Å². The van der Waals surface area contributed by atoms with Crippen molar-refractivity contribution in [1.82, 2.24) is 9.88 Å². The summed E-state index contributed by atoms with van der Waals surface area (Å²) in [5, 5.41) is 3.31. The number of hydrogen-bond acceptors (Lipinski definition) is 4. The van der Waals surface area contributed by atoms with E-state index in [-0.39, 0.29) is 0 Å². The van der Waals surface area contributed by atoms with Crippen LogP contribution in [0.25, 0.3) is 0 Å². The highest BCUT2D eigenvalue weighted by molar-refractivity contribution is 5.56. The number of pyridine rings is 1. The molecule has 0 saturated carbocycles. The van der Waals surface area contributed by atoms with Gasteiger partial charge in [0, 0.05) is 25.7 Å². The van der Waals surface area contributed by atoms with E-state index in [1.807, 2.05) is 12.4 Å². The van der Waals surface area contributed by atoms with E-state index in [1.165, 1.54) is 12.1 Å². The summed E-state index contributed by atoms with van der Waals surface area (Å²) in [4.78, 5) is 9.02. The van der Waals surface area contributed by atoms with Crippen LogP contribution in [0, 0.1) is 0 Å². The zero-order valence-corrected chi connectivity index (χ0v) is 11.0. The summed E-state index contributed by atoms with van der Waals surface area (Å²) in [5.74, 6) is 0. The molecule has 2 heterocycles. The van der Waals surface area contributed by atoms with Crippen LogP contribution in [0.4, 0.5) is 11.4 Å². The van der Waals surface area contributed by atoms with Crippen molar-refractivity contribution in [2.75, 3.05) is 43.9 Å². The quantitative estimate of drug-likeness (QED) is 0.858. The molecule has 0 aromatic carbocycles. The maximum atomic E-state index is 4.30. The molecule has 94 valence electrons. The highest BCUT2D eigenvalue weighted by Crippen LogP contribution is 2.23. The van der Waals surface area contributed by atoms with Crippen LogP contribution in [0.2, 0.25) is 0 Å². The maximum Gasteiger partial charge on any atom is 0.0574 e. The molecule has 1 saturated heterocycles. The van der Waals surface area contributed by atoms with Crippen LogP contribution in [-0.4, -0.2) is 49.7 Å². The van der Waals surface area contributed by atoms with Gasteiger partial charge < -0.3 is 15.1 Å². The van der Waals surface area contributed by atoms with Gasteiger partial charge in [-0.3, -0.25) is 4.98 Å². The Hall–Kier alpha value is -1.29. The van der Waals surface area contributed by atoms with Gasteiger partial charge in [-0.05, 0) is 33.5 Å². The zero-order chi connectivity index (χ0) is 12.3. The van der Waals surface area contributed by atoms with E-state index in [1.54, 1.807) is 0 Å². The molecule has 1 fully saturated rings. The molecule has 0 aliphatic carbocycles. The lowest BCUT2D eigenvalue weighted by Crippen LogP contribution is -2.31. The molecule has 4 nitrogen and oxygen atoms in total. The molecule has 1 N–H and O–H groups in total. The topological polar surface area (TPSA) is 31.4 Å². The lowest BCUT2D eigenvalue weighted by Gasteiger charge is -2.22. The zero-order valence-electron chi connectivity index (χ0n) is 11.0. The Balaban J connectivity index is 2.05. The second-order valence-electron chi connectivity index (χ2n) is 4.81. The van der Waals surface area contributed by atoms with Crippen molar-refractivity contribution in [2.45, 2.75) is 19.4 Å². The molecule has 17 heavy (non-hydrogen) atoms. The number of rotatable bonds is 4. The van der Waals surface area contributed by atoms with Crippen LogP contribution in [0.1, 0.15) is 13.3 Å². The Labute approximate surface area is 104 Å². The van der Waals surface area contributed by atoms with Crippen LogP contribution in [0.3, 0.4) is 0 Å². The summed E-state index contributed by atoms with van der Waals surface area (Å²) >= 11 is 0. The van der Waals surface area contributed by atoms with Crippen molar-refractivity contribution in [2.24, 2.45) is 0 Å². The Morgan fingerprint density at radius 2 is 2.29 bits per heavy atom. The summed E-state index contributed by atoms with van der Waals surface area (Å²) in [6, 6.07) is 2.85. The monoisotopic (exact) mass is 234 g/mol.